The van der Waals surface area contributed by atoms with Gasteiger partial charge in [-0.15, -0.1) is 0 Å². The molecule has 3 heterocycles. The van der Waals surface area contributed by atoms with Crippen LogP contribution in [0.15, 0.2) is 18.3 Å². The normalized spacial score (nSPS) is 20.8. The first-order chi connectivity index (χ1) is 12.5. The standard InChI is InChI=1S/C21H26N4O/c1-12-5-6-15(9-23-12)17-7-16(17)8-20(26)25-10-18-13(2)14(3)24-21(22-4)19(18)11-25/h5-6,9,16-17H,7-8,10-11H2,1-4H3,(H,22,24). The maximum atomic E-state index is 12.9. The Morgan fingerprint density at radius 2 is 2.00 bits per heavy atom. The first kappa shape index (κ1) is 17.0. The van der Waals surface area contributed by atoms with Crippen LogP contribution in [-0.4, -0.2) is 27.8 Å². The Bertz CT molecular complexity index is 859. The summed E-state index contributed by atoms with van der Waals surface area (Å²) in [5.74, 6) is 2.12. The van der Waals surface area contributed by atoms with E-state index < -0.39 is 0 Å². The number of carbonyl (C=O) groups is 1. The summed E-state index contributed by atoms with van der Waals surface area (Å²) in [6.45, 7) is 7.52. The lowest BCUT2D eigenvalue weighted by Gasteiger charge is -2.15. The van der Waals surface area contributed by atoms with E-state index in [1.54, 1.807) is 0 Å². The van der Waals surface area contributed by atoms with Crippen molar-refractivity contribution in [3.63, 3.8) is 0 Å². The third-order valence-corrected chi connectivity index (χ3v) is 5.93. The quantitative estimate of drug-likeness (QED) is 0.917. The first-order valence-electron chi connectivity index (χ1n) is 9.35. The van der Waals surface area contributed by atoms with Crippen molar-refractivity contribution in [2.45, 2.75) is 52.6 Å². The molecule has 4 rings (SSSR count). The van der Waals surface area contributed by atoms with Gasteiger partial charge in [-0.25, -0.2) is 4.98 Å². The Morgan fingerprint density at radius 3 is 2.69 bits per heavy atom. The summed E-state index contributed by atoms with van der Waals surface area (Å²) in [7, 11) is 1.90. The second-order valence-electron chi connectivity index (χ2n) is 7.67. The summed E-state index contributed by atoms with van der Waals surface area (Å²) in [5.41, 5.74) is 7.01. The molecule has 1 fully saturated rings. The predicted molar refractivity (Wildman–Crippen MR) is 102 cm³/mol. The Morgan fingerprint density at radius 1 is 1.23 bits per heavy atom. The molecule has 2 aliphatic rings. The van der Waals surface area contributed by atoms with Crippen molar-refractivity contribution in [2.75, 3.05) is 12.4 Å². The molecule has 5 nitrogen and oxygen atoms in total. The molecule has 1 aliphatic heterocycles. The third-order valence-electron chi connectivity index (χ3n) is 5.93. The zero-order valence-electron chi connectivity index (χ0n) is 16.0. The van der Waals surface area contributed by atoms with E-state index in [4.69, 9.17) is 0 Å². The first-order valence-corrected chi connectivity index (χ1v) is 9.35. The Balaban J connectivity index is 1.43. The second-order valence-corrected chi connectivity index (χ2v) is 7.67. The fraction of sp³-hybridized carbons (Fsp3) is 0.476. The maximum absolute atomic E-state index is 12.9. The summed E-state index contributed by atoms with van der Waals surface area (Å²) in [6.07, 6.45) is 3.69. The van der Waals surface area contributed by atoms with Gasteiger partial charge in [-0.05, 0) is 61.8 Å². The zero-order valence-corrected chi connectivity index (χ0v) is 16.0. The molecule has 0 bridgehead atoms. The Kier molecular flexibility index (Phi) is 4.17. The van der Waals surface area contributed by atoms with Crippen LogP contribution in [0.3, 0.4) is 0 Å². The van der Waals surface area contributed by atoms with Crippen LogP contribution in [0, 0.1) is 26.7 Å². The Hall–Kier alpha value is -2.43. The van der Waals surface area contributed by atoms with Gasteiger partial charge in [-0.1, -0.05) is 6.07 Å². The minimum absolute atomic E-state index is 0.257. The van der Waals surface area contributed by atoms with Crippen LogP contribution >= 0.6 is 0 Å². The molecule has 1 N–H and O–H groups in total. The molecule has 1 amide bonds. The van der Waals surface area contributed by atoms with Crippen molar-refractivity contribution >= 4 is 11.7 Å². The second kappa shape index (κ2) is 6.38. The molecule has 1 saturated carbocycles. The summed E-state index contributed by atoms with van der Waals surface area (Å²) >= 11 is 0. The van der Waals surface area contributed by atoms with Crippen LogP contribution in [0.4, 0.5) is 5.82 Å². The van der Waals surface area contributed by atoms with Gasteiger partial charge in [0.25, 0.3) is 0 Å². The van der Waals surface area contributed by atoms with Crippen molar-refractivity contribution in [2.24, 2.45) is 5.92 Å². The number of nitrogens with one attached hydrogen (secondary N) is 1. The van der Waals surface area contributed by atoms with E-state index in [-0.39, 0.29) is 5.91 Å². The van der Waals surface area contributed by atoms with Crippen LogP contribution in [0.1, 0.15) is 52.4 Å². The molecule has 5 heteroatoms. The van der Waals surface area contributed by atoms with Gasteiger partial charge in [-0.3, -0.25) is 9.78 Å². The topological polar surface area (TPSA) is 58.1 Å². The summed E-state index contributed by atoms with van der Waals surface area (Å²) in [4.78, 5) is 23.9. The number of fused-ring (bicyclic) bond motifs is 1. The molecule has 1 aliphatic carbocycles. The molecule has 2 aromatic rings. The van der Waals surface area contributed by atoms with Crippen LogP contribution in [0.5, 0.6) is 0 Å². The van der Waals surface area contributed by atoms with Gasteiger partial charge in [0.05, 0.1) is 0 Å². The minimum atomic E-state index is 0.257. The highest BCUT2D eigenvalue weighted by Crippen LogP contribution is 2.50. The fourth-order valence-corrected chi connectivity index (χ4v) is 4.05. The molecule has 2 atom stereocenters. The van der Waals surface area contributed by atoms with Gasteiger partial charge >= 0.3 is 0 Å². The molecule has 2 unspecified atom stereocenters. The molecule has 136 valence electrons. The average molecular weight is 350 g/mol. The van der Waals surface area contributed by atoms with Crippen molar-refractivity contribution in [3.8, 4) is 0 Å². The van der Waals surface area contributed by atoms with E-state index in [1.807, 2.05) is 32.0 Å². The SMILES string of the molecule is CNc1nc(C)c(C)c2c1CN(C(=O)CC1CC1c1ccc(C)nc1)C2. The summed E-state index contributed by atoms with van der Waals surface area (Å²) in [5, 5.41) is 3.19. The molecule has 0 saturated heterocycles. The lowest BCUT2D eigenvalue weighted by molar-refractivity contribution is -0.132. The van der Waals surface area contributed by atoms with Gasteiger partial charge in [0, 0.05) is 49.7 Å². The smallest absolute Gasteiger partial charge is 0.223 e. The highest BCUT2D eigenvalue weighted by molar-refractivity contribution is 5.78. The van der Waals surface area contributed by atoms with E-state index in [2.05, 4.69) is 34.3 Å². The van der Waals surface area contributed by atoms with Crippen molar-refractivity contribution in [3.05, 3.63) is 52.0 Å². The van der Waals surface area contributed by atoms with Crippen LogP contribution in [0.2, 0.25) is 0 Å². The van der Waals surface area contributed by atoms with Crippen LogP contribution in [0.25, 0.3) is 0 Å². The highest BCUT2D eigenvalue weighted by Gasteiger charge is 2.41. The van der Waals surface area contributed by atoms with Crippen molar-refractivity contribution in [1.82, 2.24) is 14.9 Å². The highest BCUT2D eigenvalue weighted by atomic mass is 16.2. The van der Waals surface area contributed by atoms with E-state index in [0.717, 1.165) is 23.6 Å². The number of rotatable bonds is 4. The summed E-state index contributed by atoms with van der Waals surface area (Å²) < 4.78 is 0. The largest absolute Gasteiger partial charge is 0.373 e. The minimum Gasteiger partial charge on any atom is -0.373 e. The number of nitrogens with zero attached hydrogens (tertiary/aromatic N) is 3. The van der Waals surface area contributed by atoms with E-state index in [9.17, 15) is 4.79 Å². The molecular formula is C21H26N4O. The number of hydrogen-bond acceptors (Lipinski definition) is 4. The number of pyridine rings is 2. The average Bonchev–Trinajstić information content (AvgIpc) is 3.24. The number of hydrogen-bond donors (Lipinski definition) is 1. The van der Waals surface area contributed by atoms with Gasteiger partial charge < -0.3 is 10.2 Å². The van der Waals surface area contributed by atoms with Crippen LogP contribution < -0.4 is 5.32 Å². The zero-order chi connectivity index (χ0) is 18.4. The third kappa shape index (κ3) is 2.96. The monoisotopic (exact) mass is 350 g/mol. The van der Waals surface area contributed by atoms with Gasteiger partial charge in [-0.2, -0.15) is 0 Å². The van der Waals surface area contributed by atoms with E-state index >= 15 is 0 Å². The lowest BCUT2D eigenvalue weighted by Crippen LogP contribution is -2.25. The maximum Gasteiger partial charge on any atom is 0.223 e. The molecule has 2 aromatic heterocycles. The van der Waals surface area contributed by atoms with Gasteiger partial charge in [0.1, 0.15) is 5.82 Å². The number of amides is 1. The van der Waals surface area contributed by atoms with Gasteiger partial charge in [0.2, 0.25) is 5.91 Å². The van der Waals surface area contributed by atoms with Gasteiger partial charge in [0.15, 0.2) is 0 Å². The van der Waals surface area contributed by atoms with Crippen molar-refractivity contribution in [1.29, 1.82) is 0 Å². The molecule has 0 radical (unpaired) electrons. The van der Waals surface area contributed by atoms with Crippen LogP contribution in [-0.2, 0) is 17.9 Å². The molecule has 0 aromatic carbocycles. The van der Waals surface area contributed by atoms with E-state index in [1.165, 1.54) is 22.3 Å². The number of anilines is 1. The number of aryl methyl sites for hydroxylation is 2. The molecular weight excluding hydrogens is 324 g/mol. The number of carbonyl (C=O) groups excluding carboxylic acids is 1. The van der Waals surface area contributed by atoms with Crippen molar-refractivity contribution < 1.29 is 4.79 Å². The predicted octanol–water partition coefficient (Wildman–Crippen LogP) is 3.48. The Labute approximate surface area is 154 Å². The summed E-state index contributed by atoms with van der Waals surface area (Å²) in [6, 6.07) is 4.21. The number of aromatic nitrogens is 2. The van der Waals surface area contributed by atoms with E-state index in [0.29, 0.717) is 31.3 Å². The fourth-order valence-electron chi connectivity index (χ4n) is 4.05. The molecule has 0 spiro atoms. The molecule has 26 heavy (non-hydrogen) atoms. The lowest BCUT2D eigenvalue weighted by atomic mass is 10.0.